The van der Waals surface area contributed by atoms with Crippen molar-refractivity contribution < 1.29 is 14.3 Å². The number of carbonyl (C=O) groups is 1. The smallest absolute Gasteiger partial charge is 0.241 e. The molecule has 1 rings (SSSR count). The Morgan fingerprint density at radius 3 is 2.56 bits per heavy atom. The van der Waals surface area contributed by atoms with Gasteiger partial charge in [-0.3, -0.25) is 4.79 Å². The van der Waals surface area contributed by atoms with Gasteiger partial charge in [0, 0.05) is 16.1 Å². The minimum Gasteiger partial charge on any atom is -0.493 e. The molecule has 2 N–H and O–H groups in total. The number of ether oxygens (including phenoxy) is 2. The Hall–Kier alpha value is -1.49. The number of benzene rings is 1. The quantitative estimate of drug-likeness (QED) is 0.861. The average Bonchev–Trinajstić information content (AvgIpc) is 2.26. The topological polar surface area (TPSA) is 61.5 Å². The van der Waals surface area contributed by atoms with E-state index in [1.807, 2.05) is 6.07 Å². The summed E-state index contributed by atoms with van der Waals surface area (Å²) in [6, 6.07) is 3.58. The third-order valence-corrected chi connectivity index (χ3v) is 2.64. The highest BCUT2D eigenvalue weighted by Gasteiger charge is 2.11. The summed E-state index contributed by atoms with van der Waals surface area (Å²) in [6.45, 7) is 0. The zero-order chi connectivity index (χ0) is 12.1. The van der Waals surface area contributed by atoms with Crippen molar-refractivity contribution in [1.29, 1.82) is 0 Å². The molecule has 0 atom stereocenters. The van der Waals surface area contributed by atoms with E-state index < -0.39 is 5.91 Å². The molecule has 0 aliphatic carbocycles. The van der Waals surface area contributed by atoms with Crippen molar-refractivity contribution in [2.24, 2.45) is 5.73 Å². The van der Waals surface area contributed by atoms with E-state index in [-0.39, 0.29) is 0 Å². The van der Waals surface area contributed by atoms with E-state index in [2.05, 4.69) is 15.9 Å². The number of amides is 1. The monoisotopic (exact) mass is 285 g/mol. The molecule has 0 unspecified atom stereocenters. The second-order valence-corrected chi connectivity index (χ2v) is 3.79. The van der Waals surface area contributed by atoms with E-state index in [0.29, 0.717) is 17.1 Å². The molecule has 0 spiro atoms. The lowest BCUT2D eigenvalue weighted by atomic mass is 10.1. The van der Waals surface area contributed by atoms with Crippen LogP contribution in [-0.4, -0.2) is 20.1 Å². The van der Waals surface area contributed by atoms with Crippen molar-refractivity contribution >= 4 is 27.9 Å². The fourth-order valence-electron chi connectivity index (χ4n) is 1.25. The first-order chi connectivity index (χ1) is 7.60. The van der Waals surface area contributed by atoms with Gasteiger partial charge in [0.05, 0.1) is 14.2 Å². The number of rotatable bonds is 4. The highest BCUT2D eigenvalue weighted by molar-refractivity contribution is 9.10. The van der Waals surface area contributed by atoms with Crippen LogP contribution in [0.25, 0.3) is 6.08 Å². The molecule has 0 aromatic heterocycles. The van der Waals surface area contributed by atoms with Crippen LogP contribution in [0.1, 0.15) is 5.56 Å². The maximum atomic E-state index is 10.7. The predicted octanol–water partition coefficient (Wildman–Crippen LogP) is 1.96. The zero-order valence-electron chi connectivity index (χ0n) is 8.99. The van der Waals surface area contributed by atoms with Crippen LogP contribution in [0.2, 0.25) is 0 Å². The van der Waals surface area contributed by atoms with Gasteiger partial charge in [-0.2, -0.15) is 0 Å². The van der Waals surface area contributed by atoms with E-state index in [4.69, 9.17) is 15.2 Å². The lowest BCUT2D eigenvalue weighted by molar-refractivity contribution is -0.113. The van der Waals surface area contributed by atoms with Gasteiger partial charge in [0.25, 0.3) is 0 Å². The molecule has 1 aromatic carbocycles. The molecule has 0 saturated carbocycles. The van der Waals surface area contributed by atoms with Crippen LogP contribution in [0, 0.1) is 0 Å². The molecule has 0 saturated heterocycles. The first-order valence-corrected chi connectivity index (χ1v) is 5.27. The molecule has 16 heavy (non-hydrogen) atoms. The molecule has 1 amide bonds. The Kier molecular flexibility index (Phi) is 4.37. The third-order valence-electron chi connectivity index (χ3n) is 1.95. The van der Waals surface area contributed by atoms with E-state index in [0.717, 1.165) is 4.47 Å². The van der Waals surface area contributed by atoms with Gasteiger partial charge < -0.3 is 15.2 Å². The lowest BCUT2D eigenvalue weighted by Gasteiger charge is -2.11. The molecule has 4 nitrogen and oxygen atoms in total. The standard InChI is InChI=1S/C11H12BrNO3/c1-15-9-5-4-8(12)7(11(9)16-2)3-6-10(13)14/h3-6H,1-2H3,(H2,13,14)/b6-3+. The van der Waals surface area contributed by atoms with E-state index in [9.17, 15) is 4.79 Å². The molecule has 0 aliphatic heterocycles. The predicted molar refractivity (Wildman–Crippen MR) is 65.5 cm³/mol. The Bertz CT molecular complexity index is 429. The number of nitrogens with two attached hydrogens (primary N) is 1. The lowest BCUT2D eigenvalue weighted by Crippen LogP contribution is -2.05. The van der Waals surface area contributed by atoms with Crippen molar-refractivity contribution in [3.63, 3.8) is 0 Å². The van der Waals surface area contributed by atoms with E-state index in [1.54, 1.807) is 19.3 Å². The largest absolute Gasteiger partial charge is 0.493 e. The van der Waals surface area contributed by atoms with Crippen LogP contribution in [0.5, 0.6) is 11.5 Å². The van der Waals surface area contributed by atoms with Gasteiger partial charge in [-0.1, -0.05) is 15.9 Å². The van der Waals surface area contributed by atoms with Crippen molar-refractivity contribution in [1.82, 2.24) is 0 Å². The number of methoxy groups -OCH3 is 2. The summed E-state index contributed by atoms with van der Waals surface area (Å²) in [5.41, 5.74) is 5.75. The van der Waals surface area contributed by atoms with Gasteiger partial charge in [-0.25, -0.2) is 0 Å². The minimum atomic E-state index is -0.517. The van der Waals surface area contributed by atoms with Crippen LogP contribution in [0.15, 0.2) is 22.7 Å². The maximum Gasteiger partial charge on any atom is 0.241 e. The summed E-state index contributed by atoms with van der Waals surface area (Å²) >= 11 is 3.36. The second kappa shape index (κ2) is 5.55. The van der Waals surface area contributed by atoms with Crippen molar-refractivity contribution in [3.8, 4) is 11.5 Å². The first kappa shape index (κ1) is 12.6. The average molecular weight is 286 g/mol. The summed E-state index contributed by atoms with van der Waals surface area (Å²) in [4.78, 5) is 10.7. The van der Waals surface area contributed by atoms with Crippen molar-refractivity contribution in [2.45, 2.75) is 0 Å². The van der Waals surface area contributed by atoms with Gasteiger partial charge in [0.1, 0.15) is 0 Å². The molecule has 5 heteroatoms. The van der Waals surface area contributed by atoms with Gasteiger partial charge in [0.15, 0.2) is 11.5 Å². The second-order valence-electron chi connectivity index (χ2n) is 2.93. The number of hydrogen-bond acceptors (Lipinski definition) is 3. The van der Waals surface area contributed by atoms with Crippen LogP contribution in [0.4, 0.5) is 0 Å². The fraction of sp³-hybridized carbons (Fsp3) is 0.182. The Balaban J connectivity index is 3.28. The molecule has 0 bridgehead atoms. The van der Waals surface area contributed by atoms with Crippen molar-refractivity contribution in [2.75, 3.05) is 14.2 Å². The number of primary amides is 1. The number of halogens is 1. The normalized spacial score (nSPS) is 10.4. The minimum absolute atomic E-state index is 0.517. The van der Waals surface area contributed by atoms with Crippen molar-refractivity contribution in [3.05, 3.63) is 28.2 Å². The summed E-state index contributed by atoms with van der Waals surface area (Å²) in [7, 11) is 3.08. The van der Waals surface area contributed by atoms with E-state index in [1.165, 1.54) is 13.2 Å². The molecule has 0 radical (unpaired) electrons. The zero-order valence-corrected chi connectivity index (χ0v) is 10.6. The highest BCUT2D eigenvalue weighted by atomic mass is 79.9. The van der Waals surface area contributed by atoms with E-state index >= 15 is 0 Å². The molecular weight excluding hydrogens is 274 g/mol. The van der Waals surface area contributed by atoms with Crippen LogP contribution in [0.3, 0.4) is 0 Å². The van der Waals surface area contributed by atoms with Gasteiger partial charge >= 0.3 is 0 Å². The van der Waals surface area contributed by atoms with Gasteiger partial charge in [-0.15, -0.1) is 0 Å². The maximum absolute atomic E-state index is 10.7. The van der Waals surface area contributed by atoms with Crippen LogP contribution in [-0.2, 0) is 4.79 Å². The molecule has 0 heterocycles. The van der Waals surface area contributed by atoms with Crippen LogP contribution < -0.4 is 15.2 Å². The Morgan fingerprint density at radius 2 is 2.06 bits per heavy atom. The third kappa shape index (κ3) is 2.76. The molecule has 1 aromatic rings. The number of hydrogen-bond donors (Lipinski definition) is 1. The molecule has 0 fully saturated rings. The Morgan fingerprint density at radius 1 is 1.38 bits per heavy atom. The first-order valence-electron chi connectivity index (χ1n) is 4.48. The summed E-state index contributed by atoms with van der Waals surface area (Å²) in [6.07, 6.45) is 2.84. The SMILES string of the molecule is COc1ccc(Br)c(/C=C/C(N)=O)c1OC. The van der Waals surface area contributed by atoms with Crippen LogP contribution >= 0.6 is 15.9 Å². The van der Waals surface area contributed by atoms with Gasteiger partial charge in [0.2, 0.25) is 5.91 Å². The molecule has 86 valence electrons. The summed E-state index contributed by atoms with van der Waals surface area (Å²) in [5, 5.41) is 0. The summed E-state index contributed by atoms with van der Waals surface area (Å²) < 4.78 is 11.2. The van der Waals surface area contributed by atoms with Gasteiger partial charge in [-0.05, 0) is 18.2 Å². The molecule has 0 aliphatic rings. The number of carbonyl (C=O) groups excluding carboxylic acids is 1. The highest BCUT2D eigenvalue weighted by Crippen LogP contribution is 2.36. The molecular formula is C11H12BrNO3. The summed E-state index contributed by atoms with van der Waals surface area (Å²) in [5.74, 6) is 0.626. The fourth-order valence-corrected chi connectivity index (χ4v) is 1.69. The Labute approximate surface area is 102 Å².